The summed E-state index contributed by atoms with van der Waals surface area (Å²) in [5.41, 5.74) is 1.28. The number of aryl methyl sites for hydroxylation is 1. The van der Waals surface area contributed by atoms with Crippen LogP contribution >= 0.6 is 0 Å². The molecule has 0 fully saturated rings. The second kappa shape index (κ2) is 4.36. The molecule has 0 saturated carbocycles. The lowest BCUT2D eigenvalue weighted by atomic mass is 10.3. The number of anilines is 1. The van der Waals surface area contributed by atoms with Crippen LogP contribution in [0.4, 0.5) is 5.69 Å². The number of methoxy groups -OCH3 is 1. The highest BCUT2D eigenvalue weighted by Gasteiger charge is 2.13. The van der Waals surface area contributed by atoms with Crippen molar-refractivity contribution >= 4 is 17.6 Å². The predicted molar refractivity (Wildman–Crippen MR) is 49.6 cm³/mol. The molecule has 0 atom stereocenters. The van der Waals surface area contributed by atoms with Crippen LogP contribution in [0.2, 0.25) is 0 Å². The van der Waals surface area contributed by atoms with Crippen molar-refractivity contribution in [1.29, 1.82) is 0 Å². The van der Waals surface area contributed by atoms with Gasteiger partial charge in [-0.05, 0) is 19.1 Å². The average molecular weight is 194 g/mol. The van der Waals surface area contributed by atoms with E-state index in [0.717, 1.165) is 12.8 Å². The minimum Gasteiger partial charge on any atom is -0.462 e. The van der Waals surface area contributed by atoms with Crippen LogP contribution in [-0.2, 0) is 14.3 Å². The lowest BCUT2D eigenvalue weighted by molar-refractivity contribution is -0.150. The molecule has 5 heteroatoms. The van der Waals surface area contributed by atoms with E-state index in [1.807, 2.05) is 0 Å². The third kappa shape index (κ3) is 2.55. The Morgan fingerprint density at radius 1 is 1.50 bits per heavy atom. The number of nitrogens with one attached hydrogen (secondary N) is 1. The van der Waals surface area contributed by atoms with Crippen molar-refractivity contribution in [3.05, 3.63) is 24.0 Å². The van der Waals surface area contributed by atoms with Gasteiger partial charge in [0.25, 0.3) is 0 Å². The Morgan fingerprint density at radius 2 is 2.21 bits per heavy atom. The molecule has 0 unspecified atom stereocenters. The molecule has 0 saturated heterocycles. The highest BCUT2D eigenvalue weighted by atomic mass is 16.5. The number of hydrogen-bond acceptors (Lipinski definition) is 4. The van der Waals surface area contributed by atoms with Crippen molar-refractivity contribution in [2.24, 2.45) is 0 Å². The molecule has 1 heterocycles. The highest BCUT2D eigenvalue weighted by molar-refractivity contribution is 6.37. The minimum absolute atomic E-state index is 0.521. The summed E-state index contributed by atoms with van der Waals surface area (Å²) in [6.07, 6.45) is 1.54. The van der Waals surface area contributed by atoms with Crippen molar-refractivity contribution in [1.82, 2.24) is 4.98 Å². The van der Waals surface area contributed by atoms with Crippen molar-refractivity contribution in [2.75, 3.05) is 12.4 Å². The molecule has 1 amide bonds. The first kappa shape index (κ1) is 10.2. The molecule has 0 aliphatic carbocycles. The maximum absolute atomic E-state index is 11.0. The van der Waals surface area contributed by atoms with E-state index in [4.69, 9.17) is 0 Å². The van der Waals surface area contributed by atoms with Crippen LogP contribution < -0.4 is 5.32 Å². The van der Waals surface area contributed by atoms with Crippen LogP contribution in [0.15, 0.2) is 18.3 Å². The van der Waals surface area contributed by atoms with Crippen LogP contribution in [0.1, 0.15) is 5.69 Å². The molecule has 1 aromatic rings. The summed E-state index contributed by atoms with van der Waals surface area (Å²) in [6.45, 7) is 1.79. The summed E-state index contributed by atoms with van der Waals surface area (Å²) in [7, 11) is 1.15. The number of aromatic nitrogens is 1. The molecular weight excluding hydrogens is 184 g/mol. The summed E-state index contributed by atoms with van der Waals surface area (Å²) in [5.74, 6) is -1.71. The van der Waals surface area contributed by atoms with Crippen molar-refractivity contribution < 1.29 is 14.3 Å². The lowest BCUT2D eigenvalue weighted by Gasteiger charge is -2.03. The monoisotopic (exact) mass is 194 g/mol. The van der Waals surface area contributed by atoms with Crippen molar-refractivity contribution in [2.45, 2.75) is 6.92 Å². The zero-order valence-electron chi connectivity index (χ0n) is 7.90. The largest absolute Gasteiger partial charge is 0.462 e. The molecule has 14 heavy (non-hydrogen) atoms. The van der Waals surface area contributed by atoms with Gasteiger partial charge in [-0.15, -0.1) is 0 Å². The molecule has 0 spiro atoms. The van der Waals surface area contributed by atoms with E-state index in [1.165, 1.54) is 0 Å². The zero-order chi connectivity index (χ0) is 10.6. The summed E-state index contributed by atoms with van der Waals surface area (Å²) in [6, 6.07) is 3.24. The van der Waals surface area contributed by atoms with Gasteiger partial charge in [-0.2, -0.15) is 0 Å². The normalized spacial score (nSPS) is 9.29. The second-order valence-electron chi connectivity index (χ2n) is 2.63. The van der Waals surface area contributed by atoms with E-state index in [0.29, 0.717) is 5.69 Å². The van der Waals surface area contributed by atoms with E-state index in [9.17, 15) is 9.59 Å². The molecule has 0 aliphatic heterocycles. The van der Waals surface area contributed by atoms with Crippen LogP contribution in [0.25, 0.3) is 0 Å². The fourth-order valence-electron chi connectivity index (χ4n) is 0.898. The highest BCUT2D eigenvalue weighted by Crippen LogP contribution is 2.06. The van der Waals surface area contributed by atoms with Crippen LogP contribution in [0.3, 0.4) is 0 Å². The Morgan fingerprint density at radius 3 is 2.79 bits per heavy atom. The molecule has 5 nitrogen and oxygen atoms in total. The Hall–Kier alpha value is -1.91. The van der Waals surface area contributed by atoms with E-state index in [-0.39, 0.29) is 0 Å². The molecule has 1 rings (SSSR count). The van der Waals surface area contributed by atoms with Gasteiger partial charge in [0.05, 0.1) is 7.11 Å². The maximum Gasteiger partial charge on any atom is 0.396 e. The molecule has 0 bridgehead atoms. The molecule has 1 aromatic heterocycles. The number of ether oxygens (including phenoxy) is 1. The van der Waals surface area contributed by atoms with E-state index in [1.54, 1.807) is 25.3 Å². The Balaban J connectivity index is 2.70. The first-order chi connectivity index (χ1) is 6.63. The standard InChI is InChI=1S/C9H10N2O3/c1-6-5-7(3-4-10-6)11-8(12)9(13)14-2/h3-5H,1-2H3,(H,10,11,12). The van der Waals surface area contributed by atoms with Gasteiger partial charge < -0.3 is 10.1 Å². The number of hydrogen-bond donors (Lipinski definition) is 1. The predicted octanol–water partition coefficient (Wildman–Crippen LogP) is 0.502. The summed E-state index contributed by atoms with van der Waals surface area (Å²) >= 11 is 0. The molecule has 74 valence electrons. The van der Waals surface area contributed by atoms with Gasteiger partial charge in [-0.25, -0.2) is 4.79 Å². The fraction of sp³-hybridized carbons (Fsp3) is 0.222. The fourth-order valence-corrected chi connectivity index (χ4v) is 0.898. The van der Waals surface area contributed by atoms with Gasteiger partial charge in [0.2, 0.25) is 0 Å². The van der Waals surface area contributed by atoms with Crippen molar-refractivity contribution in [3.63, 3.8) is 0 Å². The third-order valence-electron chi connectivity index (χ3n) is 1.53. The SMILES string of the molecule is COC(=O)C(=O)Nc1ccnc(C)c1. The van der Waals surface area contributed by atoms with Gasteiger partial charge in [-0.3, -0.25) is 9.78 Å². The van der Waals surface area contributed by atoms with Gasteiger partial charge in [-0.1, -0.05) is 0 Å². The van der Waals surface area contributed by atoms with Crippen molar-refractivity contribution in [3.8, 4) is 0 Å². The first-order valence-electron chi connectivity index (χ1n) is 3.95. The Kier molecular flexibility index (Phi) is 3.17. The zero-order valence-corrected chi connectivity index (χ0v) is 7.90. The van der Waals surface area contributed by atoms with Crippen LogP contribution in [0.5, 0.6) is 0 Å². The van der Waals surface area contributed by atoms with Gasteiger partial charge in [0, 0.05) is 17.6 Å². The van der Waals surface area contributed by atoms with Gasteiger partial charge in [0.1, 0.15) is 0 Å². The lowest BCUT2D eigenvalue weighted by Crippen LogP contribution is -2.23. The number of amides is 1. The van der Waals surface area contributed by atoms with Gasteiger partial charge in [0.15, 0.2) is 0 Å². The topological polar surface area (TPSA) is 68.3 Å². The second-order valence-corrected chi connectivity index (χ2v) is 2.63. The van der Waals surface area contributed by atoms with Crippen LogP contribution in [0, 0.1) is 6.92 Å². The third-order valence-corrected chi connectivity index (χ3v) is 1.53. The van der Waals surface area contributed by atoms with E-state index < -0.39 is 11.9 Å². The number of pyridine rings is 1. The van der Waals surface area contributed by atoms with Crippen LogP contribution in [-0.4, -0.2) is 24.0 Å². The Bertz CT molecular complexity index is 363. The molecule has 0 radical (unpaired) electrons. The van der Waals surface area contributed by atoms with E-state index in [2.05, 4.69) is 15.0 Å². The molecule has 1 N–H and O–H groups in total. The quantitative estimate of drug-likeness (QED) is 0.522. The molecular formula is C9H10N2O3. The first-order valence-corrected chi connectivity index (χ1v) is 3.95. The smallest absolute Gasteiger partial charge is 0.396 e. The molecule has 0 aliphatic rings. The summed E-state index contributed by atoms with van der Waals surface area (Å²) in [4.78, 5) is 25.7. The number of esters is 1. The molecule has 0 aromatic carbocycles. The minimum atomic E-state index is -0.917. The number of rotatable bonds is 1. The summed E-state index contributed by atoms with van der Waals surface area (Å²) < 4.78 is 4.25. The van der Waals surface area contributed by atoms with Gasteiger partial charge >= 0.3 is 11.9 Å². The maximum atomic E-state index is 11.0. The number of carbonyl (C=O) groups is 2. The summed E-state index contributed by atoms with van der Waals surface area (Å²) in [5, 5.41) is 2.38. The Labute approximate surface area is 81.1 Å². The number of nitrogens with zero attached hydrogens (tertiary/aromatic N) is 1. The average Bonchev–Trinajstić information content (AvgIpc) is 2.16. The van der Waals surface area contributed by atoms with E-state index >= 15 is 0 Å². The number of carbonyl (C=O) groups excluding carboxylic acids is 2.